The summed E-state index contributed by atoms with van der Waals surface area (Å²) in [6.07, 6.45) is 3.79. The van der Waals surface area contributed by atoms with Gasteiger partial charge in [-0.2, -0.15) is 0 Å². The zero-order chi connectivity index (χ0) is 13.8. The number of nitrogens with zero attached hydrogens (tertiary/aromatic N) is 1. The number of hydrogen-bond acceptors (Lipinski definition) is 4. The Kier molecular flexibility index (Phi) is 3.56. The van der Waals surface area contributed by atoms with Crippen molar-refractivity contribution in [1.29, 1.82) is 0 Å². The fraction of sp³-hybridized carbons (Fsp3) is 0.0714. The maximum Gasteiger partial charge on any atom is 0.245 e. The van der Waals surface area contributed by atoms with Gasteiger partial charge in [-0.25, -0.2) is 0 Å². The monoisotopic (exact) mass is 257 g/mol. The summed E-state index contributed by atoms with van der Waals surface area (Å²) in [5, 5.41) is 0.853. The predicted octanol–water partition coefficient (Wildman–Crippen LogP) is 1.67. The fourth-order valence-electron chi connectivity index (χ4n) is 1.83. The Hall–Kier alpha value is -2.69. The van der Waals surface area contributed by atoms with Crippen molar-refractivity contribution in [2.75, 3.05) is 7.11 Å². The zero-order valence-corrected chi connectivity index (χ0v) is 10.2. The number of Topliss-reactive ketones (excluding diaryl/α,β-unsaturated/α-hetero) is 1. The summed E-state index contributed by atoms with van der Waals surface area (Å²) in [4.78, 5) is 33.0. The number of carbonyl (C=O) groups excluding carboxylic acids is 3. The minimum absolute atomic E-state index is 0.0931. The Balaban J connectivity index is 2.66. The number of aromatic nitrogens is 1. The molecule has 0 fully saturated rings. The number of fused-ring (bicyclic) bond motifs is 1. The minimum Gasteiger partial charge on any atom is -0.502 e. The van der Waals surface area contributed by atoms with Crippen molar-refractivity contribution in [1.82, 2.24) is 4.57 Å². The first kappa shape index (κ1) is 12.8. The molecule has 0 aliphatic rings. The average molecular weight is 257 g/mol. The summed E-state index contributed by atoms with van der Waals surface area (Å²) in [6.45, 7) is 0. The fourth-order valence-corrected chi connectivity index (χ4v) is 1.83. The van der Waals surface area contributed by atoms with Crippen molar-refractivity contribution in [3.8, 4) is 0 Å². The van der Waals surface area contributed by atoms with Crippen LogP contribution in [0.15, 0.2) is 36.7 Å². The molecule has 19 heavy (non-hydrogen) atoms. The Morgan fingerprint density at radius 2 is 2.05 bits per heavy atom. The first-order chi connectivity index (χ1) is 9.21. The van der Waals surface area contributed by atoms with Gasteiger partial charge in [-0.1, -0.05) is 12.1 Å². The third-order valence-electron chi connectivity index (χ3n) is 2.70. The van der Waals surface area contributed by atoms with E-state index in [0.717, 1.165) is 11.7 Å². The topological polar surface area (TPSA) is 65.4 Å². The largest absolute Gasteiger partial charge is 0.502 e. The minimum atomic E-state index is -0.698. The lowest BCUT2D eigenvalue weighted by molar-refractivity contribution is -0.126. The van der Waals surface area contributed by atoms with Crippen LogP contribution in [0.4, 0.5) is 0 Å². The summed E-state index contributed by atoms with van der Waals surface area (Å²) in [5.74, 6) is -0.698. The summed E-state index contributed by atoms with van der Waals surface area (Å²) in [7, 11) is 1.39. The van der Waals surface area contributed by atoms with E-state index in [4.69, 9.17) is 4.74 Å². The van der Waals surface area contributed by atoms with Crippen molar-refractivity contribution in [2.45, 2.75) is 0 Å². The molecule has 2 rings (SSSR count). The Bertz CT molecular complexity index is 682. The molecule has 0 saturated carbocycles. The molecular weight excluding hydrogens is 246 g/mol. The molecule has 0 radical (unpaired) electrons. The Labute approximate surface area is 109 Å². The molecule has 5 nitrogen and oxygen atoms in total. The lowest BCUT2D eigenvalue weighted by Crippen LogP contribution is -2.09. The zero-order valence-electron chi connectivity index (χ0n) is 10.2. The average Bonchev–Trinajstić information content (AvgIpc) is 2.86. The van der Waals surface area contributed by atoms with Crippen molar-refractivity contribution in [2.24, 2.45) is 0 Å². The van der Waals surface area contributed by atoms with E-state index in [1.807, 2.05) is 0 Å². The van der Waals surface area contributed by atoms with E-state index in [1.54, 1.807) is 30.5 Å². The first-order valence-electron chi connectivity index (χ1n) is 5.50. The van der Waals surface area contributed by atoms with Gasteiger partial charge in [-0.05, 0) is 17.5 Å². The van der Waals surface area contributed by atoms with Gasteiger partial charge in [-0.15, -0.1) is 0 Å². The molecule has 0 aliphatic carbocycles. The smallest absolute Gasteiger partial charge is 0.245 e. The number of ketones is 1. The lowest BCUT2D eigenvalue weighted by Gasteiger charge is -2.06. The number of ether oxygens (including phenoxy) is 1. The van der Waals surface area contributed by atoms with Crippen LogP contribution in [0.25, 0.3) is 16.6 Å². The molecule has 0 amide bonds. The number of benzene rings is 1. The standard InChI is InChI=1S/C14H11NO4/c1-19-9-13(14(18)8-17)15-5-4-11-3-2-10(7-16)6-12(11)15/h2-9H,1H3/b13-9-. The molecule has 1 heterocycles. The maximum absolute atomic E-state index is 11.6. The van der Waals surface area contributed by atoms with Crippen LogP contribution in [0.3, 0.4) is 0 Å². The SMILES string of the molecule is CO/C=C(/C(=O)C=O)n1ccc2ccc(C=O)cc21. The van der Waals surface area contributed by atoms with Crippen molar-refractivity contribution in [3.05, 3.63) is 42.3 Å². The van der Waals surface area contributed by atoms with Crippen LogP contribution < -0.4 is 0 Å². The highest BCUT2D eigenvalue weighted by atomic mass is 16.5. The number of aldehydes is 2. The molecule has 1 aromatic heterocycles. The third-order valence-corrected chi connectivity index (χ3v) is 2.70. The molecule has 5 heteroatoms. The van der Waals surface area contributed by atoms with Gasteiger partial charge in [0.25, 0.3) is 0 Å². The molecule has 1 aromatic carbocycles. The van der Waals surface area contributed by atoms with E-state index in [2.05, 4.69) is 0 Å². The highest BCUT2D eigenvalue weighted by molar-refractivity contribution is 6.43. The quantitative estimate of drug-likeness (QED) is 0.353. The predicted molar refractivity (Wildman–Crippen MR) is 69.7 cm³/mol. The molecular formula is C14H11NO4. The molecule has 0 N–H and O–H groups in total. The van der Waals surface area contributed by atoms with Crippen molar-refractivity contribution >= 4 is 35.0 Å². The van der Waals surface area contributed by atoms with Gasteiger partial charge in [0, 0.05) is 11.8 Å². The number of methoxy groups -OCH3 is 1. The second-order valence-electron chi connectivity index (χ2n) is 3.84. The van der Waals surface area contributed by atoms with Crippen LogP contribution in [0.2, 0.25) is 0 Å². The van der Waals surface area contributed by atoms with E-state index in [-0.39, 0.29) is 12.0 Å². The molecule has 96 valence electrons. The molecule has 0 aliphatic heterocycles. The van der Waals surface area contributed by atoms with Crippen LogP contribution in [-0.2, 0) is 14.3 Å². The van der Waals surface area contributed by atoms with Crippen molar-refractivity contribution in [3.63, 3.8) is 0 Å². The van der Waals surface area contributed by atoms with E-state index < -0.39 is 5.78 Å². The van der Waals surface area contributed by atoms with Crippen LogP contribution in [-0.4, -0.2) is 30.0 Å². The van der Waals surface area contributed by atoms with E-state index in [0.29, 0.717) is 11.1 Å². The summed E-state index contributed by atoms with van der Waals surface area (Å²) < 4.78 is 6.34. The van der Waals surface area contributed by atoms with Crippen LogP contribution >= 0.6 is 0 Å². The van der Waals surface area contributed by atoms with Gasteiger partial charge >= 0.3 is 0 Å². The van der Waals surface area contributed by atoms with Gasteiger partial charge in [-0.3, -0.25) is 14.4 Å². The normalized spacial score (nSPS) is 11.3. The second-order valence-corrected chi connectivity index (χ2v) is 3.84. The van der Waals surface area contributed by atoms with Crippen LogP contribution in [0.5, 0.6) is 0 Å². The molecule has 0 bridgehead atoms. The van der Waals surface area contributed by atoms with Gasteiger partial charge in [0.15, 0.2) is 6.29 Å². The molecule has 2 aromatic rings. The van der Waals surface area contributed by atoms with Crippen molar-refractivity contribution < 1.29 is 19.1 Å². The maximum atomic E-state index is 11.6. The summed E-state index contributed by atoms with van der Waals surface area (Å²) in [6, 6.07) is 6.88. The van der Waals surface area contributed by atoms with E-state index in [1.165, 1.54) is 17.9 Å². The van der Waals surface area contributed by atoms with E-state index >= 15 is 0 Å². The number of carbonyl (C=O) groups is 3. The van der Waals surface area contributed by atoms with Crippen LogP contribution in [0.1, 0.15) is 10.4 Å². The third kappa shape index (κ3) is 2.30. The molecule has 0 atom stereocenters. The lowest BCUT2D eigenvalue weighted by atomic mass is 10.2. The second kappa shape index (κ2) is 5.30. The Morgan fingerprint density at radius 3 is 2.68 bits per heavy atom. The van der Waals surface area contributed by atoms with Gasteiger partial charge in [0.05, 0.1) is 12.6 Å². The highest BCUT2D eigenvalue weighted by Gasteiger charge is 2.14. The summed E-state index contributed by atoms with van der Waals surface area (Å²) >= 11 is 0. The van der Waals surface area contributed by atoms with E-state index in [9.17, 15) is 14.4 Å². The number of hydrogen-bond donors (Lipinski definition) is 0. The number of rotatable bonds is 5. The Morgan fingerprint density at radius 1 is 1.26 bits per heavy atom. The van der Waals surface area contributed by atoms with Gasteiger partial charge < -0.3 is 9.30 Å². The van der Waals surface area contributed by atoms with Crippen LogP contribution in [0, 0.1) is 0 Å². The molecule has 0 spiro atoms. The summed E-state index contributed by atoms with van der Waals surface area (Å²) in [5.41, 5.74) is 1.24. The first-order valence-corrected chi connectivity index (χ1v) is 5.50. The van der Waals surface area contributed by atoms with Gasteiger partial charge in [0.2, 0.25) is 5.78 Å². The molecule has 0 saturated heterocycles. The molecule has 0 unspecified atom stereocenters. The highest BCUT2D eigenvalue weighted by Crippen LogP contribution is 2.21. The van der Waals surface area contributed by atoms with Gasteiger partial charge in [0.1, 0.15) is 18.2 Å². The number of allylic oxidation sites excluding steroid dienone is 1.